The van der Waals surface area contributed by atoms with Gasteiger partial charge in [0.25, 0.3) is 0 Å². The smallest absolute Gasteiger partial charge is 0.339 e. The third-order valence-corrected chi connectivity index (χ3v) is 2.99. The molecule has 102 valence electrons. The summed E-state index contributed by atoms with van der Waals surface area (Å²) in [6.45, 7) is 0.721. The van der Waals surface area contributed by atoms with Crippen LogP contribution < -0.4 is 5.32 Å². The van der Waals surface area contributed by atoms with E-state index < -0.39 is 12.7 Å². The van der Waals surface area contributed by atoms with Crippen molar-refractivity contribution >= 4 is 17.2 Å². The maximum Gasteiger partial charge on any atom is 0.401 e. The zero-order valence-electron chi connectivity index (χ0n) is 10.0. The Kier molecular flexibility index (Phi) is 5.09. The van der Waals surface area contributed by atoms with E-state index in [1.807, 2.05) is 6.92 Å². The monoisotopic (exact) mass is 281 g/mol. The number of nitrogens with one attached hydrogen (secondary N) is 1. The van der Waals surface area contributed by atoms with E-state index in [1.54, 1.807) is 13.2 Å². The van der Waals surface area contributed by atoms with Crippen molar-refractivity contribution in [3.63, 3.8) is 0 Å². The summed E-state index contributed by atoms with van der Waals surface area (Å²) in [5.41, 5.74) is 0. The molecule has 0 bridgehead atoms. The van der Waals surface area contributed by atoms with Crippen LogP contribution >= 0.6 is 11.3 Å². The van der Waals surface area contributed by atoms with Gasteiger partial charge in [0, 0.05) is 18.1 Å². The fraction of sp³-hybridized carbons (Fsp3) is 0.600. The van der Waals surface area contributed by atoms with Gasteiger partial charge in [-0.1, -0.05) is 0 Å². The molecular weight excluding hydrogens is 267 g/mol. The Balaban J connectivity index is 2.33. The number of amides is 1. The van der Waals surface area contributed by atoms with Crippen LogP contribution in [0.3, 0.4) is 0 Å². The van der Waals surface area contributed by atoms with Crippen molar-refractivity contribution in [3.05, 3.63) is 16.1 Å². The number of likely N-dealkylation sites (N-methyl/N-ethyl adjacent to an activating group) is 1. The number of hydrogen-bond donors (Lipinski definition) is 1. The lowest BCUT2D eigenvalue weighted by molar-refractivity contribution is -0.133. The van der Waals surface area contributed by atoms with Crippen molar-refractivity contribution in [2.24, 2.45) is 0 Å². The maximum atomic E-state index is 11.9. The van der Waals surface area contributed by atoms with E-state index in [-0.39, 0.29) is 12.5 Å². The number of rotatable bonds is 5. The molecule has 0 unspecified atom stereocenters. The highest BCUT2D eigenvalue weighted by Crippen LogP contribution is 2.14. The van der Waals surface area contributed by atoms with E-state index in [2.05, 4.69) is 10.3 Å². The summed E-state index contributed by atoms with van der Waals surface area (Å²) in [5.74, 6) is -0.384. The molecule has 0 aliphatic carbocycles. The molecule has 0 aromatic carbocycles. The third-order valence-electron chi connectivity index (χ3n) is 2.09. The third kappa shape index (κ3) is 5.46. The van der Waals surface area contributed by atoms with E-state index in [4.69, 9.17) is 0 Å². The lowest BCUT2D eigenvalue weighted by Gasteiger charge is -2.16. The average molecular weight is 281 g/mol. The van der Waals surface area contributed by atoms with Crippen molar-refractivity contribution in [2.45, 2.75) is 19.6 Å². The number of aromatic nitrogens is 1. The summed E-state index contributed by atoms with van der Waals surface area (Å²) >= 11 is 1.46. The Morgan fingerprint density at radius 3 is 2.72 bits per heavy atom. The van der Waals surface area contributed by atoms with Crippen LogP contribution in [0.5, 0.6) is 0 Å². The summed E-state index contributed by atoms with van der Waals surface area (Å²) < 4.78 is 35.6. The minimum absolute atomic E-state index is 0.326. The molecule has 1 amide bonds. The Bertz CT molecular complexity index is 405. The maximum absolute atomic E-state index is 11.9. The zero-order chi connectivity index (χ0) is 13.8. The fourth-order valence-corrected chi connectivity index (χ4v) is 2.09. The molecule has 0 spiro atoms. The molecule has 4 nitrogen and oxygen atoms in total. The molecule has 1 aromatic heterocycles. The Morgan fingerprint density at radius 1 is 1.56 bits per heavy atom. The van der Waals surface area contributed by atoms with Crippen LogP contribution in [-0.4, -0.2) is 42.1 Å². The van der Waals surface area contributed by atoms with Gasteiger partial charge >= 0.3 is 6.18 Å². The van der Waals surface area contributed by atoms with Crippen molar-refractivity contribution in [2.75, 3.05) is 20.1 Å². The van der Waals surface area contributed by atoms with E-state index in [1.165, 1.54) is 16.2 Å². The summed E-state index contributed by atoms with van der Waals surface area (Å²) in [6.07, 6.45) is -2.64. The second-order valence-corrected chi connectivity index (χ2v) is 5.13. The second kappa shape index (κ2) is 6.14. The SMILES string of the molecule is Cc1ncc(CN(C)C(=O)CNCC(F)(F)F)s1. The van der Waals surface area contributed by atoms with Crippen LogP contribution in [0, 0.1) is 6.92 Å². The first-order valence-electron chi connectivity index (χ1n) is 5.20. The highest BCUT2D eigenvalue weighted by atomic mass is 32.1. The van der Waals surface area contributed by atoms with Gasteiger partial charge in [0.15, 0.2) is 0 Å². The highest BCUT2D eigenvalue weighted by Gasteiger charge is 2.26. The molecule has 0 saturated heterocycles. The summed E-state index contributed by atoms with van der Waals surface area (Å²) in [4.78, 5) is 17.8. The minimum atomic E-state index is -4.30. The van der Waals surface area contributed by atoms with Gasteiger partial charge in [-0.15, -0.1) is 11.3 Å². The predicted molar refractivity (Wildman–Crippen MR) is 62.2 cm³/mol. The van der Waals surface area contributed by atoms with Gasteiger partial charge in [-0.05, 0) is 6.92 Å². The van der Waals surface area contributed by atoms with Gasteiger partial charge in [0.2, 0.25) is 5.91 Å². The molecule has 1 rings (SSSR count). The van der Waals surface area contributed by atoms with Crippen LogP contribution in [0.25, 0.3) is 0 Å². The first kappa shape index (κ1) is 14.9. The number of carbonyl (C=O) groups excluding carboxylic acids is 1. The molecule has 1 heterocycles. The molecule has 0 atom stereocenters. The lowest BCUT2D eigenvalue weighted by atomic mass is 10.4. The number of aryl methyl sites for hydroxylation is 1. The Labute approximate surface area is 107 Å². The van der Waals surface area contributed by atoms with Gasteiger partial charge in [0.05, 0.1) is 24.6 Å². The number of thiazole rings is 1. The van der Waals surface area contributed by atoms with Crippen molar-refractivity contribution in [1.29, 1.82) is 0 Å². The van der Waals surface area contributed by atoms with E-state index in [0.29, 0.717) is 6.54 Å². The Morgan fingerprint density at radius 2 is 2.22 bits per heavy atom. The predicted octanol–water partition coefficient (Wildman–Crippen LogP) is 1.56. The summed E-state index contributed by atoms with van der Waals surface area (Å²) in [6, 6.07) is 0. The van der Waals surface area contributed by atoms with Crippen LogP contribution in [0.1, 0.15) is 9.88 Å². The second-order valence-electron chi connectivity index (χ2n) is 3.81. The van der Waals surface area contributed by atoms with Gasteiger partial charge in [-0.2, -0.15) is 13.2 Å². The lowest BCUT2D eigenvalue weighted by Crippen LogP contribution is -2.38. The summed E-state index contributed by atoms with van der Waals surface area (Å²) in [5, 5.41) is 2.96. The van der Waals surface area contributed by atoms with Gasteiger partial charge < -0.3 is 10.2 Å². The summed E-state index contributed by atoms with van der Waals surface area (Å²) in [7, 11) is 1.55. The van der Waals surface area contributed by atoms with Crippen molar-refractivity contribution in [1.82, 2.24) is 15.2 Å². The Hall–Kier alpha value is -1.15. The first-order valence-corrected chi connectivity index (χ1v) is 6.02. The molecule has 0 aliphatic rings. The van der Waals surface area contributed by atoms with Crippen LogP contribution in [-0.2, 0) is 11.3 Å². The molecule has 0 fully saturated rings. The van der Waals surface area contributed by atoms with E-state index in [9.17, 15) is 18.0 Å². The number of alkyl halides is 3. The van der Waals surface area contributed by atoms with Gasteiger partial charge in [-0.3, -0.25) is 4.79 Å². The molecule has 1 aromatic rings. The topological polar surface area (TPSA) is 45.2 Å². The largest absolute Gasteiger partial charge is 0.401 e. The van der Waals surface area contributed by atoms with Crippen molar-refractivity contribution in [3.8, 4) is 0 Å². The van der Waals surface area contributed by atoms with Crippen molar-refractivity contribution < 1.29 is 18.0 Å². The van der Waals surface area contributed by atoms with Crippen LogP contribution in [0.2, 0.25) is 0 Å². The quantitative estimate of drug-likeness (QED) is 0.891. The van der Waals surface area contributed by atoms with E-state index in [0.717, 1.165) is 9.88 Å². The first-order chi connectivity index (χ1) is 8.28. The normalized spacial score (nSPS) is 11.6. The molecular formula is C10H14F3N3OS. The average Bonchev–Trinajstić information content (AvgIpc) is 2.61. The van der Waals surface area contributed by atoms with Crippen LogP contribution in [0.4, 0.5) is 13.2 Å². The molecule has 0 saturated carbocycles. The highest BCUT2D eigenvalue weighted by molar-refractivity contribution is 7.11. The van der Waals surface area contributed by atoms with E-state index >= 15 is 0 Å². The molecule has 18 heavy (non-hydrogen) atoms. The number of nitrogens with zero attached hydrogens (tertiary/aromatic N) is 2. The van der Waals surface area contributed by atoms with Gasteiger partial charge in [0.1, 0.15) is 0 Å². The molecule has 8 heteroatoms. The molecule has 0 aliphatic heterocycles. The molecule has 1 N–H and O–H groups in total. The standard InChI is InChI=1S/C10H14F3N3OS/c1-7-15-3-8(18-7)5-16(2)9(17)4-14-6-10(11,12)13/h3,14H,4-6H2,1-2H3. The number of carbonyl (C=O) groups is 1. The fourth-order valence-electron chi connectivity index (χ4n) is 1.25. The number of hydrogen-bond acceptors (Lipinski definition) is 4. The van der Waals surface area contributed by atoms with Gasteiger partial charge in [-0.25, -0.2) is 4.98 Å². The van der Waals surface area contributed by atoms with Crippen LogP contribution in [0.15, 0.2) is 6.20 Å². The number of halogens is 3. The molecule has 0 radical (unpaired) electrons. The zero-order valence-corrected chi connectivity index (χ0v) is 10.9. The minimum Gasteiger partial charge on any atom is -0.339 e.